The van der Waals surface area contributed by atoms with Crippen LogP contribution in [0.2, 0.25) is 0 Å². The van der Waals surface area contributed by atoms with E-state index in [1.54, 1.807) is 0 Å². The zero-order valence-corrected chi connectivity index (χ0v) is 20.3. The molecule has 0 aliphatic heterocycles. The van der Waals surface area contributed by atoms with Gasteiger partial charge in [0, 0.05) is 28.3 Å². The molecular weight excluding hydrogens is 411 g/mol. The van der Waals surface area contributed by atoms with E-state index in [0.717, 1.165) is 0 Å². The van der Waals surface area contributed by atoms with Gasteiger partial charge in [0.25, 0.3) is 0 Å². The molecule has 0 amide bonds. The Morgan fingerprint density at radius 3 is 2.04 bits per heavy atom. The molecule has 1 aliphatic carbocycles. The number of aliphatic hydroxyl groups is 1. The molecule has 2 aromatic carbocycles. The Morgan fingerprint density at radius 1 is 1.00 bits per heavy atom. The summed E-state index contributed by atoms with van der Waals surface area (Å²) in [4.78, 5) is 0. The molecule has 0 spiro atoms. The molecule has 0 fully saturated rings. The summed E-state index contributed by atoms with van der Waals surface area (Å²) in [5, 5.41) is 10.9. The summed E-state index contributed by atoms with van der Waals surface area (Å²) in [5.74, 6) is 0.502. The number of rotatable bonds is 1. The van der Waals surface area contributed by atoms with E-state index in [0.29, 0.717) is 5.92 Å². The third-order valence-electron chi connectivity index (χ3n) is 4.38. The van der Waals surface area contributed by atoms with Crippen molar-refractivity contribution in [3.05, 3.63) is 65.3 Å². The van der Waals surface area contributed by atoms with Crippen LogP contribution in [0.4, 0.5) is 0 Å². The molecule has 0 aromatic heterocycles. The van der Waals surface area contributed by atoms with Gasteiger partial charge in [0.2, 0.25) is 0 Å². The average molecular weight is 442 g/mol. The third kappa shape index (κ3) is 7.76. The van der Waals surface area contributed by atoms with Gasteiger partial charge in [-0.1, -0.05) is 74.1 Å². The summed E-state index contributed by atoms with van der Waals surface area (Å²) in [6.45, 7) is 12.9. The van der Waals surface area contributed by atoms with Crippen molar-refractivity contribution in [1.29, 1.82) is 0 Å². The third-order valence-corrected chi connectivity index (χ3v) is 4.38. The smallest absolute Gasteiger partial charge is 0.0479 e. The van der Waals surface area contributed by atoms with Crippen LogP contribution in [0.1, 0.15) is 47.1 Å². The topological polar surface area (TPSA) is 20.2 Å². The van der Waals surface area contributed by atoms with Crippen LogP contribution in [-0.4, -0.2) is 11.7 Å². The molecule has 0 radical (unpaired) electrons. The van der Waals surface area contributed by atoms with Crippen LogP contribution >= 0.6 is 24.8 Å². The number of aliphatic hydroxyl groups excluding tert-OH is 1. The van der Waals surface area contributed by atoms with Gasteiger partial charge >= 0.3 is 0 Å². The van der Waals surface area contributed by atoms with E-state index in [2.05, 4.69) is 69.3 Å². The normalized spacial score (nSPS) is 15.7. The molecule has 2 aromatic rings. The maximum Gasteiger partial charge on any atom is 0.0479 e. The molecule has 0 saturated carbocycles. The first-order valence-corrected chi connectivity index (χ1v) is 8.65. The molecule has 0 saturated heterocycles. The maximum atomic E-state index is 8.40. The molecule has 1 atom stereocenters. The number of benzene rings is 2. The van der Waals surface area contributed by atoms with Gasteiger partial charge < -0.3 is 5.11 Å². The van der Waals surface area contributed by atoms with Crippen molar-refractivity contribution in [1.82, 2.24) is 0 Å². The fraction of sp³-hybridized carbons (Fsp3) is 0.391. The Bertz CT molecular complexity index is 788. The minimum atomic E-state index is 0. The summed E-state index contributed by atoms with van der Waals surface area (Å²) < 4.78 is 0. The van der Waals surface area contributed by atoms with Crippen LogP contribution in [0.15, 0.2) is 53.6 Å². The molecule has 1 N–H and O–H groups in total. The minimum absolute atomic E-state index is 0. The van der Waals surface area contributed by atoms with Crippen LogP contribution in [0.3, 0.4) is 0 Å². The van der Waals surface area contributed by atoms with Gasteiger partial charge in [-0.2, -0.15) is 0 Å². The molecule has 0 bridgehead atoms. The molecule has 1 nitrogen and oxygen atoms in total. The van der Waals surface area contributed by atoms with E-state index in [4.69, 9.17) is 5.11 Å². The van der Waals surface area contributed by atoms with Crippen molar-refractivity contribution in [3.8, 4) is 0 Å². The van der Waals surface area contributed by atoms with Crippen LogP contribution in [0, 0.1) is 17.4 Å². The number of allylic oxidation sites excluding steroid dienone is 4. The average Bonchev–Trinajstić information content (AvgIpc) is 2.79. The predicted molar refractivity (Wildman–Crippen MR) is 119 cm³/mol. The van der Waals surface area contributed by atoms with Gasteiger partial charge in [0.15, 0.2) is 0 Å². The van der Waals surface area contributed by atoms with Crippen molar-refractivity contribution in [2.24, 2.45) is 11.3 Å². The molecule has 4 heteroatoms. The molecule has 0 heterocycles. The van der Waals surface area contributed by atoms with E-state index in [9.17, 15) is 0 Å². The molecule has 1 unspecified atom stereocenters. The van der Waals surface area contributed by atoms with Gasteiger partial charge in [-0.05, 0) is 25.2 Å². The Hall–Kier alpha value is -0.566. The summed E-state index contributed by atoms with van der Waals surface area (Å²) in [6.07, 6.45) is 2.34. The standard InChI is InChI=1S/C18H17.C5H12O.2ClH.Ti/c1-12-10-13(2)18(14(12)3)17-9-8-15-6-4-5-7-16(15)11-17;1-5(2,3)4-6;;;/h4-10,13H,1-3H3;6H,4H2,1-3H3;2*1H;/q-1;;;;. The number of hydrogen-bond donors (Lipinski definition) is 1. The maximum absolute atomic E-state index is 8.40. The van der Waals surface area contributed by atoms with E-state index < -0.39 is 0 Å². The van der Waals surface area contributed by atoms with Crippen molar-refractivity contribution in [3.63, 3.8) is 0 Å². The van der Waals surface area contributed by atoms with Gasteiger partial charge in [-0.3, -0.25) is 0 Å². The second-order valence-electron chi connectivity index (χ2n) is 7.86. The van der Waals surface area contributed by atoms with E-state index in [-0.39, 0.29) is 58.6 Å². The van der Waals surface area contributed by atoms with Crippen LogP contribution in [0.25, 0.3) is 16.3 Å². The van der Waals surface area contributed by atoms with Crippen molar-refractivity contribution < 1.29 is 26.8 Å². The van der Waals surface area contributed by atoms with Crippen molar-refractivity contribution in [2.45, 2.75) is 41.5 Å². The molecule has 27 heavy (non-hydrogen) atoms. The summed E-state index contributed by atoms with van der Waals surface area (Å²) in [6, 6.07) is 16.4. The first-order valence-electron chi connectivity index (χ1n) is 8.65. The van der Waals surface area contributed by atoms with Crippen molar-refractivity contribution in [2.75, 3.05) is 6.61 Å². The van der Waals surface area contributed by atoms with Crippen LogP contribution < -0.4 is 0 Å². The molecule has 3 rings (SSSR count). The quantitative estimate of drug-likeness (QED) is 0.377. The largest absolute Gasteiger partial charge is 0.396 e. The Kier molecular flexibility index (Phi) is 12.8. The van der Waals surface area contributed by atoms with E-state index >= 15 is 0 Å². The first-order chi connectivity index (χ1) is 11.2. The Morgan fingerprint density at radius 2 is 1.56 bits per heavy atom. The Balaban J connectivity index is 0. The van der Waals surface area contributed by atoms with Crippen LogP contribution in [-0.2, 0) is 21.7 Å². The summed E-state index contributed by atoms with van der Waals surface area (Å²) in [7, 11) is 0. The second-order valence-corrected chi connectivity index (χ2v) is 7.86. The molecular formula is C23H31Cl2OTi-. The Labute approximate surface area is 192 Å². The number of hydrogen-bond acceptors (Lipinski definition) is 1. The number of fused-ring (bicyclic) bond motifs is 1. The fourth-order valence-electron chi connectivity index (χ4n) is 2.86. The monoisotopic (exact) mass is 441 g/mol. The van der Waals surface area contributed by atoms with E-state index in [1.165, 1.54) is 33.1 Å². The zero-order valence-electron chi connectivity index (χ0n) is 17.1. The zero-order chi connectivity index (χ0) is 17.9. The molecule has 148 valence electrons. The second kappa shape index (κ2) is 12.1. The predicted octanol–water partition coefficient (Wildman–Crippen LogP) is 6.88. The van der Waals surface area contributed by atoms with Gasteiger partial charge in [-0.25, -0.2) is 0 Å². The van der Waals surface area contributed by atoms with Gasteiger partial charge in [-0.15, -0.1) is 60.0 Å². The number of halogens is 2. The fourth-order valence-corrected chi connectivity index (χ4v) is 2.86. The minimum Gasteiger partial charge on any atom is -0.396 e. The van der Waals surface area contributed by atoms with Gasteiger partial charge in [0.05, 0.1) is 0 Å². The van der Waals surface area contributed by atoms with Crippen LogP contribution in [0.5, 0.6) is 0 Å². The van der Waals surface area contributed by atoms with Gasteiger partial charge in [0.1, 0.15) is 0 Å². The summed E-state index contributed by atoms with van der Waals surface area (Å²) in [5.41, 5.74) is 5.58. The first kappa shape index (κ1) is 28.6. The van der Waals surface area contributed by atoms with Crippen molar-refractivity contribution >= 4 is 41.2 Å². The summed E-state index contributed by atoms with van der Waals surface area (Å²) >= 11 is 0. The SMILES string of the molecule is CC(C)(C)CO.CC1=CC(C)C(c2[c-]c3ccccc3cc2)=C1C.Cl.Cl.[Ti]. The molecule has 1 aliphatic rings. The van der Waals surface area contributed by atoms with E-state index in [1.807, 2.05) is 20.8 Å².